The van der Waals surface area contributed by atoms with Crippen LogP contribution < -0.4 is 0 Å². The van der Waals surface area contributed by atoms with Gasteiger partial charge in [0.05, 0.1) is 17.3 Å². The van der Waals surface area contributed by atoms with E-state index in [1.54, 1.807) is 0 Å². The largest absolute Gasteiger partial charge is 0.455 e. The summed E-state index contributed by atoms with van der Waals surface area (Å²) in [5.74, 6) is 0.0878. The molecule has 0 saturated carbocycles. The third-order valence-electron chi connectivity index (χ3n) is 10.7. The lowest BCUT2D eigenvalue weighted by Gasteiger charge is -2.31. The molecular formula is C49H35NO2. The Balaban J connectivity index is 1.30. The highest BCUT2D eigenvalue weighted by Gasteiger charge is 2.34. The average molecular weight is 670 g/mol. The highest BCUT2D eigenvalue weighted by molar-refractivity contribution is 6.23. The summed E-state index contributed by atoms with van der Waals surface area (Å²) in [5.41, 5.74) is 13.5. The molecule has 0 amide bonds. The highest BCUT2D eigenvalue weighted by atomic mass is 16.3. The Morgan fingerprint density at radius 1 is 0.481 bits per heavy atom. The Hall–Kier alpha value is -6.45. The van der Waals surface area contributed by atoms with Gasteiger partial charge >= 0.3 is 0 Å². The first-order chi connectivity index (χ1) is 25.7. The molecule has 1 aliphatic rings. The minimum atomic E-state index is -0.0742. The van der Waals surface area contributed by atoms with Gasteiger partial charge in [-0.05, 0) is 81.8 Å². The van der Waals surface area contributed by atoms with Crippen LogP contribution in [0.4, 0.5) is 0 Å². The van der Waals surface area contributed by atoms with E-state index < -0.39 is 0 Å². The number of fused-ring (bicyclic) bond motifs is 6. The van der Waals surface area contributed by atoms with E-state index in [0.29, 0.717) is 0 Å². The molecule has 52 heavy (non-hydrogen) atoms. The van der Waals surface area contributed by atoms with Crippen molar-refractivity contribution in [2.75, 3.05) is 0 Å². The van der Waals surface area contributed by atoms with Crippen molar-refractivity contribution in [3.05, 3.63) is 187 Å². The number of allylic oxidation sites excluding steroid dienone is 1. The number of hydrogen-bond donors (Lipinski definition) is 0. The molecule has 0 saturated heterocycles. The van der Waals surface area contributed by atoms with Crippen molar-refractivity contribution in [3.8, 4) is 22.3 Å². The molecule has 0 fully saturated rings. The topological polar surface area (TPSA) is 38.6 Å². The zero-order chi connectivity index (χ0) is 34.6. The smallest absolute Gasteiger partial charge is 0.146 e. The van der Waals surface area contributed by atoms with E-state index in [9.17, 15) is 0 Å². The predicted molar refractivity (Wildman–Crippen MR) is 216 cm³/mol. The minimum absolute atomic E-state index is 0.0742. The van der Waals surface area contributed by atoms with Crippen molar-refractivity contribution in [1.82, 2.24) is 0 Å². The summed E-state index contributed by atoms with van der Waals surface area (Å²) in [6.07, 6.45) is 3.19. The van der Waals surface area contributed by atoms with Crippen LogP contribution in [-0.2, 0) is 0 Å². The Morgan fingerprint density at radius 3 is 1.46 bits per heavy atom. The third kappa shape index (κ3) is 5.00. The van der Waals surface area contributed by atoms with Gasteiger partial charge in [-0.1, -0.05) is 140 Å². The van der Waals surface area contributed by atoms with E-state index in [4.69, 9.17) is 13.8 Å². The second-order valence-corrected chi connectivity index (χ2v) is 13.7. The lowest BCUT2D eigenvalue weighted by Crippen LogP contribution is -2.20. The number of aliphatic imine (C=N–C) groups is 1. The van der Waals surface area contributed by atoms with Gasteiger partial charge in [-0.15, -0.1) is 0 Å². The van der Waals surface area contributed by atoms with E-state index in [1.807, 2.05) is 0 Å². The van der Waals surface area contributed by atoms with Crippen LogP contribution in [0.3, 0.4) is 0 Å². The van der Waals surface area contributed by atoms with E-state index in [2.05, 4.69) is 177 Å². The van der Waals surface area contributed by atoms with E-state index in [0.717, 1.165) is 78.3 Å². The second kappa shape index (κ2) is 12.4. The van der Waals surface area contributed by atoms with E-state index in [-0.39, 0.29) is 12.0 Å². The normalized spacial score (nSPS) is 16.1. The maximum Gasteiger partial charge on any atom is 0.146 e. The van der Waals surface area contributed by atoms with Crippen molar-refractivity contribution in [1.29, 1.82) is 0 Å². The number of nitrogens with zero attached hydrogens (tertiary/aromatic N) is 1. The first-order valence-corrected chi connectivity index (χ1v) is 18.1. The maximum absolute atomic E-state index is 6.96. The highest BCUT2D eigenvalue weighted by Crippen LogP contribution is 2.50. The summed E-state index contributed by atoms with van der Waals surface area (Å²) in [7, 11) is 0. The molecule has 3 nitrogen and oxygen atoms in total. The Kier molecular flexibility index (Phi) is 7.24. The Labute approximate surface area is 302 Å². The number of rotatable bonds is 6. The molecule has 1 aliphatic heterocycles. The van der Waals surface area contributed by atoms with Gasteiger partial charge in [0.25, 0.3) is 0 Å². The quantitative estimate of drug-likeness (QED) is 0.177. The molecule has 2 aromatic heterocycles. The van der Waals surface area contributed by atoms with E-state index in [1.165, 1.54) is 22.3 Å². The first-order valence-electron chi connectivity index (χ1n) is 18.1. The summed E-state index contributed by atoms with van der Waals surface area (Å²) in [4.78, 5) is 5.47. The van der Waals surface area contributed by atoms with Crippen molar-refractivity contribution in [2.24, 2.45) is 10.9 Å². The van der Waals surface area contributed by atoms with Gasteiger partial charge in [0.1, 0.15) is 22.3 Å². The molecule has 7 aromatic carbocycles. The van der Waals surface area contributed by atoms with Crippen LogP contribution >= 0.6 is 0 Å². The summed E-state index contributed by atoms with van der Waals surface area (Å²) in [6.45, 7) is 2.27. The Morgan fingerprint density at radius 2 is 0.962 bits per heavy atom. The molecule has 10 rings (SSSR count). The molecule has 0 aliphatic carbocycles. The Bertz CT molecular complexity index is 2680. The summed E-state index contributed by atoms with van der Waals surface area (Å²) in [5, 5.41) is 4.35. The van der Waals surface area contributed by atoms with Crippen molar-refractivity contribution >= 4 is 55.2 Å². The lowest BCUT2D eigenvalue weighted by atomic mass is 9.78. The molecule has 2 atom stereocenters. The van der Waals surface area contributed by atoms with Crippen molar-refractivity contribution in [3.63, 3.8) is 0 Å². The van der Waals surface area contributed by atoms with Crippen LogP contribution in [0.2, 0.25) is 0 Å². The van der Waals surface area contributed by atoms with Gasteiger partial charge in [-0.3, -0.25) is 4.99 Å². The number of benzene rings is 7. The second-order valence-electron chi connectivity index (χ2n) is 13.7. The zero-order valence-corrected chi connectivity index (χ0v) is 28.8. The fourth-order valence-electron chi connectivity index (χ4n) is 8.15. The third-order valence-corrected chi connectivity index (χ3v) is 10.7. The molecule has 0 N–H and O–H groups in total. The van der Waals surface area contributed by atoms with Gasteiger partial charge in [-0.25, -0.2) is 0 Å². The molecule has 0 bridgehead atoms. The predicted octanol–water partition coefficient (Wildman–Crippen LogP) is 13.5. The van der Waals surface area contributed by atoms with Crippen LogP contribution in [0, 0.1) is 5.92 Å². The monoisotopic (exact) mass is 669 g/mol. The number of furan rings is 2. The van der Waals surface area contributed by atoms with Crippen molar-refractivity contribution < 1.29 is 8.83 Å². The molecule has 3 heterocycles. The fraction of sp³-hybridized carbons (Fsp3) is 0.0816. The fourth-order valence-corrected chi connectivity index (χ4v) is 8.15. The first kappa shape index (κ1) is 30.4. The summed E-state index contributed by atoms with van der Waals surface area (Å²) < 4.78 is 13.9. The minimum Gasteiger partial charge on any atom is -0.455 e. The maximum atomic E-state index is 6.96. The standard InChI is InChI=1S/C49H35NO2/c1-2-37-40(30-43(33-19-11-5-12-20-33)50-47(37)34-21-13-6-14-22-34)46-48-41(38-27-35(23-25-44(38)51-48)31-15-7-3-8-16-31)29-42-39-28-36(32-17-9-4-10-18-32)24-26-45(39)52-49(42)46/h3-30,37,47H,2H2,1H3/t37?,47-/m1/s1. The zero-order valence-electron chi connectivity index (χ0n) is 28.8. The van der Waals surface area contributed by atoms with Gasteiger partial charge in [0.15, 0.2) is 0 Å². The van der Waals surface area contributed by atoms with Gasteiger partial charge in [0.2, 0.25) is 0 Å². The number of dihydropyridines is 1. The molecule has 9 aromatic rings. The van der Waals surface area contributed by atoms with Gasteiger partial charge in [0, 0.05) is 27.5 Å². The molecular weight excluding hydrogens is 635 g/mol. The van der Waals surface area contributed by atoms with Crippen LogP contribution in [0.15, 0.2) is 184 Å². The summed E-state index contributed by atoms with van der Waals surface area (Å²) >= 11 is 0. The molecule has 3 heteroatoms. The molecule has 248 valence electrons. The van der Waals surface area contributed by atoms with Gasteiger partial charge in [-0.2, -0.15) is 0 Å². The number of hydrogen-bond acceptors (Lipinski definition) is 3. The molecule has 1 unspecified atom stereocenters. The summed E-state index contributed by atoms with van der Waals surface area (Å²) in [6, 6.07) is 57.7. The lowest BCUT2D eigenvalue weighted by molar-refractivity contribution is 0.518. The van der Waals surface area contributed by atoms with Gasteiger partial charge < -0.3 is 8.83 Å². The molecule has 0 spiro atoms. The molecule has 0 radical (unpaired) electrons. The van der Waals surface area contributed by atoms with Crippen LogP contribution in [0.25, 0.3) is 71.7 Å². The van der Waals surface area contributed by atoms with Crippen LogP contribution in [-0.4, -0.2) is 5.71 Å². The average Bonchev–Trinajstić information content (AvgIpc) is 3.78. The van der Waals surface area contributed by atoms with Crippen LogP contribution in [0.1, 0.15) is 36.1 Å². The van der Waals surface area contributed by atoms with E-state index >= 15 is 0 Å². The van der Waals surface area contributed by atoms with Crippen molar-refractivity contribution in [2.45, 2.75) is 19.4 Å². The van der Waals surface area contributed by atoms with Crippen LogP contribution in [0.5, 0.6) is 0 Å². The SMILES string of the molecule is CCC1C(c2c3oc4ccc(-c5ccccc5)cc4c3cc3c2oc2ccc(-c4ccccc4)cc23)=CC(c2ccccc2)=N[C@@H]1c1ccccc1.